The molecule has 7 nitrogen and oxygen atoms in total. The summed E-state index contributed by atoms with van der Waals surface area (Å²) in [4.78, 5) is 22.0. The molecule has 2 heterocycles. The van der Waals surface area contributed by atoms with Crippen molar-refractivity contribution in [1.29, 1.82) is 0 Å². The fraction of sp³-hybridized carbons (Fsp3) is 0.526. The van der Waals surface area contributed by atoms with Crippen molar-refractivity contribution in [3.63, 3.8) is 0 Å². The van der Waals surface area contributed by atoms with Crippen LogP contribution in [0.1, 0.15) is 20.3 Å². The molecule has 3 aliphatic rings. The normalized spacial score (nSPS) is 31.8. The summed E-state index contributed by atoms with van der Waals surface area (Å²) < 4.78 is 46.1. The van der Waals surface area contributed by atoms with E-state index in [0.717, 1.165) is 6.42 Å². The Hall–Kier alpha value is -2.78. The van der Waals surface area contributed by atoms with E-state index in [9.17, 15) is 18.0 Å². The summed E-state index contributed by atoms with van der Waals surface area (Å²) in [6, 6.07) is 0. The van der Waals surface area contributed by atoms with Crippen LogP contribution in [0.2, 0.25) is 0 Å². The van der Waals surface area contributed by atoms with E-state index in [1.54, 1.807) is 12.4 Å². The Balaban J connectivity index is 2.07. The molecule has 1 amide bonds. The van der Waals surface area contributed by atoms with Crippen LogP contribution in [-0.4, -0.2) is 54.0 Å². The first kappa shape index (κ1) is 20.9. The highest BCUT2D eigenvalue weighted by Gasteiger charge is 2.53. The maximum atomic E-state index is 13.6. The minimum atomic E-state index is -4.80. The molecule has 0 bridgehead atoms. The molecule has 0 aromatic heterocycles. The average Bonchev–Trinajstić information content (AvgIpc) is 2.84. The lowest BCUT2D eigenvalue weighted by atomic mass is 9.76. The summed E-state index contributed by atoms with van der Waals surface area (Å²) in [6.07, 6.45) is 1.70. The predicted octanol–water partition coefficient (Wildman–Crippen LogP) is 1.87. The lowest BCUT2D eigenvalue weighted by Crippen LogP contribution is -2.54. The van der Waals surface area contributed by atoms with Gasteiger partial charge in [0, 0.05) is 13.1 Å². The lowest BCUT2D eigenvalue weighted by molar-refractivity contribution is -0.203. The summed E-state index contributed by atoms with van der Waals surface area (Å²) in [7, 11) is 0. The number of aliphatic imine (C=N–C) groups is 2. The van der Waals surface area contributed by atoms with Crippen molar-refractivity contribution >= 4 is 18.2 Å². The first-order chi connectivity index (χ1) is 13.5. The van der Waals surface area contributed by atoms with Gasteiger partial charge >= 0.3 is 6.18 Å². The van der Waals surface area contributed by atoms with Gasteiger partial charge in [-0.2, -0.15) is 18.2 Å². The second kappa shape index (κ2) is 7.57. The van der Waals surface area contributed by atoms with Gasteiger partial charge in [0.05, 0.1) is 23.4 Å². The monoisotopic (exact) mass is 411 g/mol. The van der Waals surface area contributed by atoms with Crippen LogP contribution in [0.15, 0.2) is 45.6 Å². The van der Waals surface area contributed by atoms with Crippen molar-refractivity contribution in [2.45, 2.75) is 38.1 Å². The summed E-state index contributed by atoms with van der Waals surface area (Å²) in [5.74, 6) is -1.95. The Kier molecular flexibility index (Phi) is 5.46. The zero-order chi connectivity index (χ0) is 21.4. The van der Waals surface area contributed by atoms with Gasteiger partial charge in [-0.1, -0.05) is 25.2 Å². The van der Waals surface area contributed by atoms with Gasteiger partial charge in [0.2, 0.25) is 6.10 Å². The van der Waals surface area contributed by atoms with Crippen LogP contribution in [0, 0.1) is 11.8 Å². The molecular formula is C19H24F3N5O2. The zero-order valence-corrected chi connectivity index (χ0v) is 16.2. The molecule has 4 unspecified atom stereocenters. The number of fused-ring (bicyclic) bond motifs is 1. The third kappa shape index (κ3) is 4.15. The largest absolute Gasteiger partial charge is 0.480 e. The van der Waals surface area contributed by atoms with Crippen LogP contribution in [0.4, 0.5) is 13.2 Å². The number of amides is 1. The van der Waals surface area contributed by atoms with Crippen molar-refractivity contribution < 1.29 is 22.7 Å². The van der Waals surface area contributed by atoms with Crippen LogP contribution in [0.5, 0.6) is 0 Å². The maximum Gasteiger partial charge on any atom is 0.429 e. The molecule has 158 valence electrons. The number of alkyl halides is 3. The highest BCUT2D eigenvalue weighted by atomic mass is 19.4. The first-order valence-electron chi connectivity index (χ1n) is 9.27. The Morgan fingerprint density at radius 2 is 2.14 bits per heavy atom. The maximum absolute atomic E-state index is 13.6. The topological polar surface area (TPSA) is 106 Å². The van der Waals surface area contributed by atoms with Crippen molar-refractivity contribution in [3.05, 3.63) is 35.6 Å². The number of halogens is 3. The highest BCUT2D eigenvalue weighted by Crippen LogP contribution is 2.44. The van der Waals surface area contributed by atoms with Crippen LogP contribution < -0.4 is 11.5 Å². The molecule has 0 aromatic carbocycles. The molecule has 29 heavy (non-hydrogen) atoms. The number of nitrogens with zero attached hydrogens (tertiary/aromatic N) is 3. The van der Waals surface area contributed by atoms with E-state index < -0.39 is 41.2 Å². The third-order valence-corrected chi connectivity index (χ3v) is 5.39. The van der Waals surface area contributed by atoms with Gasteiger partial charge in [-0.25, -0.2) is 0 Å². The smallest absolute Gasteiger partial charge is 0.429 e. The number of hydrogen-bond acceptors (Lipinski definition) is 4. The second-order valence-electron chi connectivity index (χ2n) is 7.70. The number of allylic oxidation sites excluding steroid dienone is 2. The fourth-order valence-corrected chi connectivity index (χ4v) is 3.79. The Labute approximate surface area is 166 Å². The summed E-state index contributed by atoms with van der Waals surface area (Å²) in [5.41, 5.74) is 9.00. The van der Waals surface area contributed by atoms with Gasteiger partial charge in [-0.15, -0.1) is 0 Å². The van der Waals surface area contributed by atoms with Gasteiger partial charge in [0.1, 0.15) is 5.76 Å². The zero-order valence-electron chi connectivity index (χ0n) is 16.2. The number of rotatable bonds is 2. The number of carbonyl (C=O) groups is 1. The van der Waals surface area contributed by atoms with E-state index in [1.807, 2.05) is 17.9 Å². The van der Waals surface area contributed by atoms with Gasteiger partial charge in [-0.3, -0.25) is 9.79 Å². The average molecular weight is 411 g/mol. The van der Waals surface area contributed by atoms with E-state index in [4.69, 9.17) is 16.2 Å². The van der Waals surface area contributed by atoms with E-state index in [2.05, 4.69) is 16.9 Å². The first-order valence-corrected chi connectivity index (χ1v) is 9.27. The van der Waals surface area contributed by atoms with Gasteiger partial charge in [-0.05, 0) is 25.3 Å². The molecule has 3 rings (SSSR count). The van der Waals surface area contributed by atoms with Crippen molar-refractivity contribution in [1.82, 2.24) is 4.90 Å². The number of ether oxygens (including phenoxy) is 1. The number of guanidine groups is 1. The molecule has 10 heteroatoms. The van der Waals surface area contributed by atoms with Crippen molar-refractivity contribution in [3.8, 4) is 0 Å². The van der Waals surface area contributed by atoms with Crippen molar-refractivity contribution in [2.24, 2.45) is 33.3 Å². The van der Waals surface area contributed by atoms with Gasteiger partial charge in [0.25, 0.3) is 5.91 Å². The van der Waals surface area contributed by atoms with Crippen LogP contribution in [-0.2, 0) is 9.53 Å². The molecule has 1 aliphatic carbocycles. The van der Waals surface area contributed by atoms with E-state index in [-0.39, 0.29) is 5.76 Å². The molecule has 4 N–H and O–H groups in total. The SMILES string of the molecule is CC1CCN=CN(C2(C)C=CC=C3OC(C(F)(F)F)C(C(=O)N=C(N)N)=CC32)C1. The lowest BCUT2D eigenvalue weighted by Gasteiger charge is -2.47. The summed E-state index contributed by atoms with van der Waals surface area (Å²) in [5, 5.41) is 0. The minimum Gasteiger partial charge on any atom is -0.480 e. The van der Waals surface area contributed by atoms with Crippen LogP contribution in [0.3, 0.4) is 0 Å². The van der Waals surface area contributed by atoms with Crippen molar-refractivity contribution in [2.75, 3.05) is 13.1 Å². The Bertz CT molecular complexity index is 826. The number of nitrogens with two attached hydrogens (primary N) is 2. The Morgan fingerprint density at radius 1 is 1.41 bits per heavy atom. The second-order valence-corrected chi connectivity index (χ2v) is 7.70. The molecule has 0 saturated heterocycles. The standard InChI is InChI=1S/C19H24F3N5O2/c1-11-5-7-25-10-27(9-11)18(2)6-3-4-14-13(18)8-12(16(28)26-17(23)24)15(29-14)19(20,21)22/h3-4,6,8,10-11,13,15H,5,7,9H2,1-2H3,(H4,23,24,26,28). The third-order valence-electron chi connectivity index (χ3n) is 5.39. The van der Waals surface area contributed by atoms with E-state index in [0.29, 0.717) is 19.0 Å². The predicted molar refractivity (Wildman–Crippen MR) is 103 cm³/mol. The quantitative estimate of drug-likeness (QED) is 0.533. The molecule has 4 atom stereocenters. The summed E-state index contributed by atoms with van der Waals surface area (Å²) in [6.45, 7) is 5.32. The molecular weight excluding hydrogens is 387 g/mol. The van der Waals surface area contributed by atoms with E-state index >= 15 is 0 Å². The van der Waals surface area contributed by atoms with Crippen LogP contribution in [0.25, 0.3) is 0 Å². The minimum absolute atomic E-state index is 0.129. The molecule has 0 saturated carbocycles. The van der Waals surface area contributed by atoms with E-state index in [1.165, 1.54) is 12.2 Å². The Morgan fingerprint density at radius 3 is 2.79 bits per heavy atom. The number of hydrogen-bond donors (Lipinski definition) is 2. The molecule has 0 fully saturated rings. The summed E-state index contributed by atoms with van der Waals surface area (Å²) >= 11 is 0. The van der Waals surface area contributed by atoms with Gasteiger partial charge in [0.15, 0.2) is 5.96 Å². The van der Waals surface area contributed by atoms with Gasteiger partial charge < -0.3 is 21.1 Å². The fourth-order valence-electron chi connectivity index (χ4n) is 3.79. The molecule has 0 spiro atoms. The molecule has 2 aliphatic heterocycles. The molecule has 0 radical (unpaired) electrons. The molecule has 0 aromatic rings. The highest BCUT2D eigenvalue weighted by molar-refractivity contribution is 6.02. The van der Waals surface area contributed by atoms with Crippen LogP contribution >= 0.6 is 0 Å². The number of carbonyl (C=O) groups excluding carboxylic acids is 1.